The Morgan fingerprint density at radius 1 is 1.39 bits per heavy atom. The highest BCUT2D eigenvalue weighted by molar-refractivity contribution is 6.06. The van der Waals surface area contributed by atoms with Crippen LogP contribution in [-0.2, 0) is 14.3 Å². The van der Waals surface area contributed by atoms with Crippen LogP contribution in [0.15, 0.2) is 36.1 Å². The molecule has 4 heteroatoms. The summed E-state index contributed by atoms with van der Waals surface area (Å²) in [5.41, 5.74) is -0.249. The van der Waals surface area contributed by atoms with E-state index in [1.807, 2.05) is 30.4 Å². The van der Waals surface area contributed by atoms with Gasteiger partial charge in [0.05, 0.1) is 7.11 Å². The Labute approximate surface area is 106 Å². The van der Waals surface area contributed by atoms with Gasteiger partial charge in [0.25, 0.3) is 0 Å². The number of carbonyl (C=O) groups excluding carboxylic acids is 2. The Morgan fingerprint density at radius 3 is 2.72 bits per heavy atom. The number of ether oxygens (including phenoxy) is 1. The van der Waals surface area contributed by atoms with Gasteiger partial charge in [0.2, 0.25) is 5.91 Å². The topological polar surface area (TPSA) is 55.4 Å². The zero-order valence-corrected chi connectivity index (χ0v) is 10.6. The number of nitrogens with one attached hydrogen (secondary N) is 1. The number of carbonyl (C=O) groups is 2. The molecule has 2 rings (SSSR count). The molecule has 18 heavy (non-hydrogen) atoms. The van der Waals surface area contributed by atoms with Crippen LogP contribution in [0.2, 0.25) is 0 Å². The highest BCUT2D eigenvalue weighted by Gasteiger charge is 2.57. The molecule has 0 aromatic heterocycles. The lowest BCUT2D eigenvalue weighted by Gasteiger charge is -2.13. The molecule has 0 bridgehead atoms. The molecule has 1 amide bonds. The fourth-order valence-electron chi connectivity index (χ4n) is 1.89. The largest absolute Gasteiger partial charge is 0.468 e. The van der Waals surface area contributed by atoms with E-state index in [-0.39, 0.29) is 5.91 Å². The summed E-state index contributed by atoms with van der Waals surface area (Å²) in [6, 6.07) is 0. The Hall–Kier alpha value is -1.84. The third-order valence-electron chi connectivity index (χ3n) is 3.29. The van der Waals surface area contributed by atoms with Gasteiger partial charge in [-0.05, 0) is 30.9 Å². The molecule has 2 aliphatic carbocycles. The summed E-state index contributed by atoms with van der Waals surface area (Å²) in [4.78, 5) is 23.6. The van der Waals surface area contributed by atoms with Crippen LogP contribution in [0.25, 0.3) is 0 Å². The van der Waals surface area contributed by atoms with Crippen molar-refractivity contribution >= 4 is 11.9 Å². The zero-order valence-electron chi connectivity index (χ0n) is 10.6. The summed E-state index contributed by atoms with van der Waals surface area (Å²) in [6.45, 7) is 2.06. The normalized spacial score (nSPS) is 23.9. The Bertz CT molecular complexity index is 456. The van der Waals surface area contributed by atoms with Crippen molar-refractivity contribution in [1.29, 1.82) is 0 Å². The van der Waals surface area contributed by atoms with Crippen LogP contribution in [0.3, 0.4) is 0 Å². The summed E-state index contributed by atoms with van der Waals surface area (Å²) in [6.07, 6.45) is 10.7. The van der Waals surface area contributed by atoms with Gasteiger partial charge in [-0.3, -0.25) is 9.59 Å². The predicted octanol–water partition coefficient (Wildman–Crippen LogP) is 1.70. The lowest BCUT2D eigenvalue weighted by molar-refractivity contribution is -0.151. The summed E-state index contributed by atoms with van der Waals surface area (Å²) < 4.78 is 4.68. The molecule has 1 N–H and O–H groups in total. The highest BCUT2D eigenvalue weighted by atomic mass is 16.5. The number of esters is 1. The standard InChI is InChI=1S/C14H17NO3/c1-10-4-3-5-11(7-6-10)15-12(16)14(8-9-14)13(17)18-2/h3-7,10H,8-9H2,1-2H3,(H,15,16). The molecule has 0 saturated heterocycles. The molecule has 2 aliphatic rings. The van der Waals surface area contributed by atoms with Gasteiger partial charge in [-0.1, -0.05) is 25.2 Å². The van der Waals surface area contributed by atoms with Crippen LogP contribution in [0.5, 0.6) is 0 Å². The maximum absolute atomic E-state index is 12.1. The highest BCUT2D eigenvalue weighted by Crippen LogP contribution is 2.47. The van der Waals surface area contributed by atoms with Crippen molar-refractivity contribution in [2.45, 2.75) is 19.8 Å². The van der Waals surface area contributed by atoms with Gasteiger partial charge in [0.1, 0.15) is 5.41 Å². The maximum Gasteiger partial charge on any atom is 0.321 e. The van der Waals surface area contributed by atoms with Gasteiger partial charge in [-0.15, -0.1) is 0 Å². The molecular formula is C14H17NO3. The third-order valence-corrected chi connectivity index (χ3v) is 3.29. The summed E-state index contributed by atoms with van der Waals surface area (Å²) in [7, 11) is 1.31. The number of amides is 1. The van der Waals surface area contributed by atoms with Crippen molar-refractivity contribution in [2.75, 3.05) is 7.11 Å². The first kappa shape index (κ1) is 12.6. The first-order valence-electron chi connectivity index (χ1n) is 6.05. The molecule has 0 radical (unpaired) electrons. The van der Waals surface area contributed by atoms with E-state index in [0.717, 1.165) is 0 Å². The second kappa shape index (κ2) is 4.80. The van der Waals surface area contributed by atoms with Crippen LogP contribution < -0.4 is 5.32 Å². The second-order valence-corrected chi connectivity index (χ2v) is 4.75. The minimum absolute atomic E-state index is 0.270. The van der Waals surface area contributed by atoms with Crippen LogP contribution >= 0.6 is 0 Å². The number of hydrogen-bond donors (Lipinski definition) is 1. The lowest BCUT2D eigenvalue weighted by Crippen LogP contribution is -2.36. The van der Waals surface area contributed by atoms with Crippen LogP contribution in [-0.4, -0.2) is 19.0 Å². The molecule has 4 nitrogen and oxygen atoms in total. The van der Waals surface area contributed by atoms with E-state index >= 15 is 0 Å². The van der Waals surface area contributed by atoms with E-state index in [1.54, 1.807) is 0 Å². The molecule has 1 fully saturated rings. The van der Waals surface area contributed by atoms with Crippen molar-refractivity contribution in [3.63, 3.8) is 0 Å². The Balaban J connectivity index is 2.05. The van der Waals surface area contributed by atoms with Gasteiger partial charge in [0.15, 0.2) is 0 Å². The average Bonchev–Trinajstić information content (AvgIpc) is 3.15. The Morgan fingerprint density at radius 2 is 2.11 bits per heavy atom. The summed E-state index contributed by atoms with van der Waals surface area (Å²) in [5.74, 6) is -0.374. The molecule has 0 aliphatic heterocycles. The van der Waals surface area contributed by atoms with Crippen molar-refractivity contribution in [1.82, 2.24) is 5.32 Å². The minimum atomic E-state index is -0.953. The van der Waals surface area contributed by atoms with E-state index < -0.39 is 11.4 Å². The van der Waals surface area contributed by atoms with Crippen molar-refractivity contribution in [3.05, 3.63) is 36.1 Å². The Kier molecular flexibility index (Phi) is 3.36. The van der Waals surface area contributed by atoms with Crippen LogP contribution in [0.4, 0.5) is 0 Å². The second-order valence-electron chi connectivity index (χ2n) is 4.75. The van der Waals surface area contributed by atoms with Gasteiger partial charge in [-0.25, -0.2) is 0 Å². The van der Waals surface area contributed by atoms with Gasteiger partial charge < -0.3 is 10.1 Å². The molecule has 1 atom stereocenters. The minimum Gasteiger partial charge on any atom is -0.468 e. The molecule has 1 unspecified atom stereocenters. The van der Waals surface area contributed by atoms with Gasteiger partial charge in [0, 0.05) is 5.70 Å². The molecule has 96 valence electrons. The summed E-state index contributed by atoms with van der Waals surface area (Å²) in [5, 5.41) is 2.78. The van der Waals surface area contributed by atoms with Crippen molar-refractivity contribution in [2.24, 2.45) is 11.3 Å². The number of allylic oxidation sites excluding steroid dienone is 5. The van der Waals surface area contributed by atoms with E-state index in [4.69, 9.17) is 0 Å². The third kappa shape index (κ3) is 2.37. The quantitative estimate of drug-likeness (QED) is 0.610. The van der Waals surface area contributed by atoms with Gasteiger partial charge in [-0.2, -0.15) is 0 Å². The van der Waals surface area contributed by atoms with E-state index in [1.165, 1.54) is 7.11 Å². The molecule has 0 aromatic rings. The van der Waals surface area contributed by atoms with E-state index in [9.17, 15) is 9.59 Å². The van der Waals surface area contributed by atoms with E-state index in [0.29, 0.717) is 24.5 Å². The fourth-order valence-corrected chi connectivity index (χ4v) is 1.89. The number of hydrogen-bond acceptors (Lipinski definition) is 3. The molecular weight excluding hydrogens is 230 g/mol. The smallest absolute Gasteiger partial charge is 0.321 e. The summed E-state index contributed by atoms with van der Waals surface area (Å²) >= 11 is 0. The van der Waals surface area contributed by atoms with Crippen LogP contribution in [0.1, 0.15) is 19.8 Å². The van der Waals surface area contributed by atoms with Crippen molar-refractivity contribution < 1.29 is 14.3 Å². The fraction of sp³-hybridized carbons (Fsp3) is 0.429. The van der Waals surface area contributed by atoms with Gasteiger partial charge >= 0.3 is 5.97 Å². The molecule has 0 aromatic carbocycles. The van der Waals surface area contributed by atoms with E-state index in [2.05, 4.69) is 17.0 Å². The average molecular weight is 247 g/mol. The number of rotatable bonds is 3. The zero-order chi connectivity index (χ0) is 13.2. The number of methoxy groups -OCH3 is 1. The maximum atomic E-state index is 12.1. The first-order chi connectivity index (χ1) is 8.58. The molecule has 0 heterocycles. The molecule has 0 spiro atoms. The monoisotopic (exact) mass is 247 g/mol. The predicted molar refractivity (Wildman–Crippen MR) is 67.4 cm³/mol. The lowest BCUT2D eigenvalue weighted by atomic mass is 10.1. The van der Waals surface area contributed by atoms with Crippen molar-refractivity contribution in [3.8, 4) is 0 Å². The SMILES string of the molecule is COC(=O)C1(C(=O)NC2=CC=CC(C)C=C2)CC1. The van der Waals surface area contributed by atoms with Crippen LogP contribution in [0, 0.1) is 11.3 Å². The molecule has 1 saturated carbocycles. The first-order valence-corrected chi connectivity index (χ1v) is 6.05.